The van der Waals surface area contributed by atoms with E-state index >= 15 is 0 Å². The maximum atomic E-state index is 12.6. The number of imidazole rings is 1. The van der Waals surface area contributed by atoms with Crippen LogP contribution in [-0.4, -0.2) is 40.6 Å². The van der Waals surface area contributed by atoms with Gasteiger partial charge >= 0.3 is 6.18 Å². The Hall–Kier alpha value is -2.62. The van der Waals surface area contributed by atoms with Gasteiger partial charge in [-0.15, -0.1) is 11.3 Å². The molecule has 0 unspecified atom stereocenters. The minimum Gasteiger partial charge on any atom is -0.356 e. The van der Waals surface area contributed by atoms with E-state index in [-0.39, 0.29) is 0 Å². The molecule has 0 atom stereocenters. The molecule has 0 fully saturated rings. The number of halogens is 3. The number of alkyl halides is 3. The molecule has 1 aromatic carbocycles. The molecule has 0 aliphatic rings. The molecule has 6 nitrogen and oxygen atoms in total. The monoisotopic (exact) mass is 410 g/mol. The molecule has 10 heteroatoms. The summed E-state index contributed by atoms with van der Waals surface area (Å²) in [5.74, 6) is 0.614. The topological polar surface area (TPSA) is 67.1 Å². The standard InChI is InChI=1S/C18H21F3N6S/c1-22-17(24-9-7-16-26-15(11-28-16)18(19,20)21)23-8-4-10-27-12-25-13-5-2-3-6-14(13)27/h2-3,5-6,11-12H,4,7-10H2,1H3,(H2,22,23,24). The Bertz CT molecular complexity index is 931. The molecular formula is C18H21F3N6S. The number of guanidine groups is 1. The Morgan fingerprint density at radius 2 is 2.00 bits per heavy atom. The third kappa shape index (κ3) is 5.22. The number of benzene rings is 1. The van der Waals surface area contributed by atoms with Crippen LogP contribution in [0, 0.1) is 0 Å². The molecule has 0 aliphatic heterocycles. The molecule has 0 spiro atoms. The Morgan fingerprint density at radius 1 is 1.21 bits per heavy atom. The first-order valence-corrected chi connectivity index (χ1v) is 9.71. The zero-order valence-electron chi connectivity index (χ0n) is 15.3. The summed E-state index contributed by atoms with van der Waals surface area (Å²) in [6.45, 7) is 1.99. The lowest BCUT2D eigenvalue weighted by Crippen LogP contribution is -2.39. The molecule has 0 bridgehead atoms. The summed E-state index contributed by atoms with van der Waals surface area (Å²) in [6, 6.07) is 7.98. The van der Waals surface area contributed by atoms with Gasteiger partial charge in [0, 0.05) is 38.5 Å². The number of aliphatic imine (C=N–C) groups is 1. The average Bonchev–Trinajstić information content (AvgIpc) is 3.31. The van der Waals surface area contributed by atoms with Gasteiger partial charge in [0.25, 0.3) is 0 Å². The van der Waals surface area contributed by atoms with Gasteiger partial charge in [0.15, 0.2) is 11.7 Å². The lowest BCUT2D eigenvalue weighted by Gasteiger charge is -2.11. The van der Waals surface area contributed by atoms with Crippen molar-refractivity contribution in [2.75, 3.05) is 20.1 Å². The fourth-order valence-corrected chi connectivity index (χ4v) is 3.51. The van der Waals surface area contributed by atoms with E-state index in [1.807, 2.05) is 30.6 Å². The van der Waals surface area contributed by atoms with Crippen LogP contribution in [0.2, 0.25) is 0 Å². The van der Waals surface area contributed by atoms with Crippen molar-refractivity contribution in [2.24, 2.45) is 4.99 Å². The molecule has 2 heterocycles. The van der Waals surface area contributed by atoms with Gasteiger partial charge in [0.05, 0.1) is 22.4 Å². The highest BCUT2D eigenvalue weighted by Crippen LogP contribution is 2.29. The summed E-state index contributed by atoms with van der Waals surface area (Å²) in [6.07, 6.45) is -1.27. The third-order valence-corrected chi connectivity index (χ3v) is 5.00. The lowest BCUT2D eigenvalue weighted by atomic mass is 10.3. The predicted octanol–water partition coefficient (Wildman–Crippen LogP) is 3.31. The predicted molar refractivity (Wildman–Crippen MR) is 105 cm³/mol. The molecule has 0 amide bonds. The number of hydrogen-bond donors (Lipinski definition) is 2. The van der Waals surface area contributed by atoms with Crippen LogP contribution >= 0.6 is 11.3 Å². The Labute approximate surface area is 164 Å². The Balaban J connectivity index is 1.38. The number of aromatic nitrogens is 3. The van der Waals surface area contributed by atoms with Crippen LogP contribution in [0.15, 0.2) is 41.0 Å². The third-order valence-electron chi connectivity index (χ3n) is 4.09. The summed E-state index contributed by atoms with van der Waals surface area (Å²) < 4.78 is 39.8. The second kappa shape index (κ2) is 9.05. The van der Waals surface area contributed by atoms with E-state index in [9.17, 15) is 13.2 Å². The number of rotatable bonds is 7. The molecule has 28 heavy (non-hydrogen) atoms. The van der Waals surface area contributed by atoms with Crippen molar-refractivity contribution in [3.63, 3.8) is 0 Å². The highest BCUT2D eigenvalue weighted by molar-refractivity contribution is 7.09. The summed E-state index contributed by atoms with van der Waals surface area (Å²) in [4.78, 5) is 12.1. The number of fused-ring (bicyclic) bond motifs is 1. The lowest BCUT2D eigenvalue weighted by molar-refractivity contribution is -0.140. The number of nitrogens with one attached hydrogen (secondary N) is 2. The molecule has 0 saturated heterocycles. The molecule has 2 aromatic heterocycles. The van der Waals surface area contributed by atoms with E-state index in [2.05, 4.69) is 30.2 Å². The van der Waals surface area contributed by atoms with Crippen molar-refractivity contribution in [1.82, 2.24) is 25.2 Å². The summed E-state index contributed by atoms with van der Waals surface area (Å²) in [7, 11) is 1.66. The van der Waals surface area contributed by atoms with E-state index in [1.165, 1.54) is 0 Å². The highest BCUT2D eigenvalue weighted by Gasteiger charge is 2.33. The van der Waals surface area contributed by atoms with Crippen LogP contribution in [0.3, 0.4) is 0 Å². The van der Waals surface area contributed by atoms with Crippen LogP contribution in [0.5, 0.6) is 0 Å². The second-order valence-corrected chi connectivity index (χ2v) is 7.02. The van der Waals surface area contributed by atoms with Crippen LogP contribution in [0.25, 0.3) is 11.0 Å². The van der Waals surface area contributed by atoms with Gasteiger partial charge in [0.2, 0.25) is 0 Å². The van der Waals surface area contributed by atoms with Crippen molar-refractivity contribution in [3.05, 3.63) is 46.7 Å². The largest absolute Gasteiger partial charge is 0.434 e. The zero-order valence-corrected chi connectivity index (χ0v) is 16.1. The van der Waals surface area contributed by atoms with E-state index in [0.717, 1.165) is 40.7 Å². The molecule has 0 radical (unpaired) electrons. The minimum atomic E-state index is -4.39. The summed E-state index contributed by atoms with van der Waals surface area (Å²) >= 11 is 1.02. The van der Waals surface area contributed by atoms with Gasteiger partial charge in [0.1, 0.15) is 0 Å². The first-order chi connectivity index (χ1) is 13.5. The fraction of sp³-hybridized carbons (Fsp3) is 0.389. The highest BCUT2D eigenvalue weighted by atomic mass is 32.1. The van der Waals surface area contributed by atoms with Crippen molar-refractivity contribution in [3.8, 4) is 0 Å². The number of thiazole rings is 1. The molecule has 150 valence electrons. The summed E-state index contributed by atoms with van der Waals surface area (Å²) in [5.41, 5.74) is 1.25. The van der Waals surface area contributed by atoms with E-state index < -0.39 is 11.9 Å². The smallest absolute Gasteiger partial charge is 0.356 e. The first-order valence-electron chi connectivity index (χ1n) is 8.83. The minimum absolute atomic E-state index is 0.405. The molecule has 3 aromatic rings. The van der Waals surface area contributed by atoms with Crippen LogP contribution in [0.4, 0.5) is 13.2 Å². The SMILES string of the molecule is CN=C(NCCCn1cnc2ccccc21)NCCc1nc(C(F)(F)F)cs1. The Kier molecular flexibility index (Phi) is 6.50. The zero-order chi connectivity index (χ0) is 20.0. The quantitative estimate of drug-likeness (QED) is 0.356. The van der Waals surface area contributed by atoms with Gasteiger partial charge in [-0.05, 0) is 18.6 Å². The van der Waals surface area contributed by atoms with Gasteiger partial charge in [-0.1, -0.05) is 12.1 Å². The van der Waals surface area contributed by atoms with Gasteiger partial charge in [-0.2, -0.15) is 13.2 Å². The number of hydrogen-bond acceptors (Lipinski definition) is 4. The number of aryl methyl sites for hydroxylation is 1. The maximum Gasteiger partial charge on any atom is 0.434 e. The van der Waals surface area contributed by atoms with Crippen molar-refractivity contribution >= 4 is 28.3 Å². The van der Waals surface area contributed by atoms with Gasteiger partial charge < -0.3 is 15.2 Å². The number of para-hydroxylation sites is 2. The summed E-state index contributed by atoms with van der Waals surface area (Å²) in [5, 5.41) is 7.79. The molecule has 0 saturated carbocycles. The van der Waals surface area contributed by atoms with Crippen LogP contribution < -0.4 is 10.6 Å². The van der Waals surface area contributed by atoms with Crippen LogP contribution in [-0.2, 0) is 19.1 Å². The molecular weight excluding hydrogens is 389 g/mol. The van der Waals surface area contributed by atoms with Gasteiger partial charge in [-0.25, -0.2) is 9.97 Å². The molecule has 2 N–H and O–H groups in total. The fourth-order valence-electron chi connectivity index (χ4n) is 2.71. The van der Waals surface area contributed by atoms with Crippen LogP contribution in [0.1, 0.15) is 17.1 Å². The Morgan fingerprint density at radius 3 is 2.75 bits per heavy atom. The van der Waals surface area contributed by atoms with E-state index in [0.29, 0.717) is 30.5 Å². The first kappa shape index (κ1) is 20.1. The van der Waals surface area contributed by atoms with Crippen molar-refractivity contribution < 1.29 is 13.2 Å². The molecule has 0 aliphatic carbocycles. The van der Waals surface area contributed by atoms with Crippen molar-refractivity contribution in [2.45, 2.75) is 25.6 Å². The second-order valence-electron chi connectivity index (χ2n) is 6.08. The maximum absolute atomic E-state index is 12.6. The van der Waals surface area contributed by atoms with Gasteiger partial charge in [-0.3, -0.25) is 4.99 Å². The van der Waals surface area contributed by atoms with E-state index in [1.54, 1.807) is 7.05 Å². The van der Waals surface area contributed by atoms with E-state index in [4.69, 9.17) is 0 Å². The average molecular weight is 410 g/mol. The van der Waals surface area contributed by atoms with Crippen molar-refractivity contribution in [1.29, 1.82) is 0 Å². The molecule has 3 rings (SSSR count). The number of nitrogens with zero attached hydrogens (tertiary/aromatic N) is 4. The normalized spacial score (nSPS) is 12.5.